The summed E-state index contributed by atoms with van der Waals surface area (Å²) in [6, 6.07) is 9.95. The predicted molar refractivity (Wildman–Crippen MR) is 107 cm³/mol. The van der Waals surface area contributed by atoms with Crippen LogP contribution in [-0.4, -0.2) is 8.80 Å². The molecular weight excluding hydrogens is 328 g/mol. The van der Waals surface area contributed by atoms with Crippen molar-refractivity contribution in [2.24, 2.45) is 0 Å². The molecule has 1 aromatic carbocycles. The van der Waals surface area contributed by atoms with Crippen molar-refractivity contribution in [1.29, 1.82) is 0 Å². The molecule has 0 unspecified atom stereocenters. The fourth-order valence-corrected chi connectivity index (χ4v) is 4.05. The summed E-state index contributed by atoms with van der Waals surface area (Å²) >= 11 is 0. The highest BCUT2D eigenvalue weighted by molar-refractivity contribution is 6.75. The molecule has 0 amide bonds. The lowest BCUT2D eigenvalue weighted by molar-refractivity contribution is 0.197. The van der Waals surface area contributed by atoms with Crippen LogP contribution in [0.25, 0.3) is 0 Å². The highest BCUT2D eigenvalue weighted by Gasteiger charge is 2.49. The van der Waals surface area contributed by atoms with E-state index in [1.807, 2.05) is 48.6 Å². The van der Waals surface area contributed by atoms with Gasteiger partial charge in [0.25, 0.3) is 0 Å². The second kappa shape index (κ2) is 13.4. The molecule has 0 radical (unpaired) electrons. The van der Waals surface area contributed by atoms with Gasteiger partial charge in [0.05, 0.1) is 24.0 Å². The standard InChI is InChI=1S/C21H32O3Si/c1-4-7-13-18-22-25(23-19-14-8-5-2,24-20-15-9-6-3)21-16-11-10-12-17-21/h10-20H,4-9H2,1-3H3. The van der Waals surface area contributed by atoms with Gasteiger partial charge in [-0.1, -0.05) is 88.6 Å². The van der Waals surface area contributed by atoms with Gasteiger partial charge >= 0.3 is 8.80 Å². The molecule has 1 aromatic rings. The van der Waals surface area contributed by atoms with E-state index in [9.17, 15) is 0 Å². The van der Waals surface area contributed by atoms with Gasteiger partial charge in [-0.2, -0.15) is 0 Å². The minimum atomic E-state index is -3.08. The topological polar surface area (TPSA) is 27.7 Å². The molecule has 0 aliphatic rings. The van der Waals surface area contributed by atoms with Crippen LogP contribution in [0.1, 0.15) is 59.3 Å². The van der Waals surface area contributed by atoms with Crippen LogP contribution in [0.15, 0.2) is 67.3 Å². The maximum atomic E-state index is 6.09. The Labute approximate surface area is 154 Å². The van der Waals surface area contributed by atoms with E-state index < -0.39 is 8.80 Å². The van der Waals surface area contributed by atoms with E-state index >= 15 is 0 Å². The zero-order valence-electron chi connectivity index (χ0n) is 15.8. The van der Waals surface area contributed by atoms with Crippen molar-refractivity contribution < 1.29 is 13.3 Å². The summed E-state index contributed by atoms with van der Waals surface area (Å²) in [5.74, 6) is 0. The number of unbranched alkanes of at least 4 members (excludes halogenated alkanes) is 3. The van der Waals surface area contributed by atoms with Crippen LogP contribution in [0.4, 0.5) is 0 Å². The van der Waals surface area contributed by atoms with Gasteiger partial charge in [0.15, 0.2) is 0 Å². The second-order valence-corrected chi connectivity index (χ2v) is 8.15. The monoisotopic (exact) mass is 360 g/mol. The summed E-state index contributed by atoms with van der Waals surface area (Å²) in [6.07, 6.45) is 17.4. The molecule has 0 fully saturated rings. The van der Waals surface area contributed by atoms with E-state index in [4.69, 9.17) is 13.3 Å². The zero-order chi connectivity index (χ0) is 18.2. The molecule has 4 heteroatoms. The number of rotatable bonds is 13. The van der Waals surface area contributed by atoms with Crippen LogP contribution in [0.5, 0.6) is 0 Å². The van der Waals surface area contributed by atoms with Crippen LogP contribution >= 0.6 is 0 Å². The summed E-state index contributed by atoms with van der Waals surface area (Å²) in [5, 5.41) is 0.943. The third kappa shape index (κ3) is 8.12. The Morgan fingerprint density at radius 3 is 1.44 bits per heavy atom. The predicted octanol–water partition coefficient (Wildman–Crippen LogP) is 5.82. The zero-order valence-corrected chi connectivity index (χ0v) is 16.8. The van der Waals surface area contributed by atoms with Gasteiger partial charge in [-0.25, -0.2) is 0 Å². The molecule has 0 spiro atoms. The average Bonchev–Trinajstić information content (AvgIpc) is 2.66. The van der Waals surface area contributed by atoms with Gasteiger partial charge in [0.1, 0.15) is 0 Å². The fourth-order valence-electron chi connectivity index (χ4n) is 2.05. The van der Waals surface area contributed by atoms with Crippen LogP contribution in [0.3, 0.4) is 0 Å². The number of hydrogen-bond donors (Lipinski definition) is 0. The lowest BCUT2D eigenvalue weighted by Crippen LogP contribution is -2.53. The van der Waals surface area contributed by atoms with Crippen molar-refractivity contribution in [3.05, 3.63) is 67.3 Å². The first-order valence-electron chi connectivity index (χ1n) is 9.33. The fraction of sp³-hybridized carbons (Fsp3) is 0.429. The smallest absolute Gasteiger partial charge is 0.487 e. The molecule has 0 N–H and O–H groups in total. The van der Waals surface area contributed by atoms with Crippen LogP contribution in [0, 0.1) is 0 Å². The van der Waals surface area contributed by atoms with E-state index in [1.165, 1.54) is 0 Å². The van der Waals surface area contributed by atoms with E-state index in [2.05, 4.69) is 20.8 Å². The highest BCUT2D eigenvalue weighted by atomic mass is 28.4. The maximum Gasteiger partial charge on any atom is 0.735 e. The van der Waals surface area contributed by atoms with Gasteiger partial charge in [-0.3, -0.25) is 0 Å². The first kappa shape index (κ1) is 21.1. The summed E-state index contributed by atoms with van der Waals surface area (Å²) in [7, 11) is -3.08. The lowest BCUT2D eigenvalue weighted by atomic mass is 10.3. The second-order valence-electron chi connectivity index (χ2n) is 5.76. The Morgan fingerprint density at radius 2 is 1.08 bits per heavy atom. The van der Waals surface area contributed by atoms with E-state index in [0.717, 1.165) is 43.7 Å². The molecule has 0 saturated carbocycles. The maximum absolute atomic E-state index is 6.09. The Morgan fingerprint density at radius 1 is 0.680 bits per heavy atom. The Bertz CT molecular complexity index is 478. The summed E-state index contributed by atoms with van der Waals surface area (Å²) in [5.41, 5.74) is 0. The number of allylic oxidation sites excluding steroid dienone is 3. The van der Waals surface area contributed by atoms with Crippen LogP contribution in [-0.2, 0) is 13.3 Å². The highest BCUT2D eigenvalue weighted by Crippen LogP contribution is 2.14. The summed E-state index contributed by atoms with van der Waals surface area (Å²) in [6.45, 7) is 6.42. The minimum absolute atomic E-state index is 0.943. The number of hydrogen-bond acceptors (Lipinski definition) is 3. The Hall–Kier alpha value is -1.94. The largest absolute Gasteiger partial charge is 0.735 e. The van der Waals surface area contributed by atoms with Crippen LogP contribution in [0.2, 0.25) is 0 Å². The Balaban J connectivity index is 3.05. The van der Waals surface area contributed by atoms with Crippen molar-refractivity contribution in [3.63, 3.8) is 0 Å². The molecule has 3 nitrogen and oxygen atoms in total. The van der Waals surface area contributed by atoms with Crippen molar-refractivity contribution in [1.82, 2.24) is 0 Å². The van der Waals surface area contributed by atoms with Gasteiger partial charge in [0, 0.05) is 0 Å². The van der Waals surface area contributed by atoms with Gasteiger partial charge in [-0.15, -0.1) is 0 Å². The summed E-state index contributed by atoms with van der Waals surface area (Å²) < 4.78 is 18.3. The van der Waals surface area contributed by atoms with Gasteiger partial charge < -0.3 is 13.3 Å². The van der Waals surface area contributed by atoms with Crippen molar-refractivity contribution in [2.45, 2.75) is 59.3 Å². The molecule has 0 bridgehead atoms. The average molecular weight is 361 g/mol. The molecule has 0 aliphatic heterocycles. The molecular formula is C21H32O3Si. The van der Waals surface area contributed by atoms with Gasteiger partial charge in [-0.05, 0) is 19.3 Å². The summed E-state index contributed by atoms with van der Waals surface area (Å²) in [4.78, 5) is 0. The molecule has 25 heavy (non-hydrogen) atoms. The van der Waals surface area contributed by atoms with E-state index in [1.54, 1.807) is 18.8 Å². The quantitative estimate of drug-likeness (QED) is 0.327. The molecule has 138 valence electrons. The third-order valence-corrected chi connectivity index (χ3v) is 5.83. The SMILES string of the molecule is CCCC=CO[Si](OC=CCCC)(OC=CCCC)c1ccccc1. The first-order valence-corrected chi connectivity index (χ1v) is 11.1. The first-order chi connectivity index (χ1) is 12.3. The normalized spacial score (nSPS) is 14.2. The molecule has 1 rings (SSSR count). The molecule has 0 atom stereocenters. The molecule has 0 heterocycles. The van der Waals surface area contributed by atoms with Crippen molar-refractivity contribution >= 4 is 14.0 Å². The molecule has 0 aromatic heterocycles. The van der Waals surface area contributed by atoms with Crippen LogP contribution < -0.4 is 5.19 Å². The van der Waals surface area contributed by atoms with E-state index in [0.29, 0.717) is 0 Å². The third-order valence-electron chi connectivity index (χ3n) is 3.45. The number of benzene rings is 1. The molecule has 0 aliphatic carbocycles. The van der Waals surface area contributed by atoms with Crippen molar-refractivity contribution in [3.8, 4) is 0 Å². The Kier molecular flexibility index (Phi) is 11.3. The molecule has 0 saturated heterocycles. The van der Waals surface area contributed by atoms with E-state index in [-0.39, 0.29) is 0 Å². The van der Waals surface area contributed by atoms with Crippen molar-refractivity contribution in [2.75, 3.05) is 0 Å². The van der Waals surface area contributed by atoms with Gasteiger partial charge in [0.2, 0.25) is 0 Å². The minimum Gasteiger partial charge on any atom is -0.487 e. The lowest BCUT2D eigenvalue weighted by Gasteiger charge is -2.26.